The first-order valence-corrected chi connectivity index (χ1v) is 12.4. The van der Waals surface area contributed by atoms with Crippen LogP contribution in [0.2, 0.25) is 5.02 Å². The molecule has 1 saturated heterocycles. The number of carbonyl (C=O) groups is 1. The predicted molar refractivity (Wildman–Crippen MR) is 121 cm³/mol. The summed E-state index contributed by atoms with van der Waals surface area (Å²) in [6, 6.07) is 6.41. The number of esters is 1. The van der Waals surface area contributed by atoms with Gasteiger partial charge in [0.2, 0.25) is 10.0 Å². The van der Waals surface area contributed by atoms with Crippen LogP contribution in [0, 0.1) is 0 Å². The van der Waals surface area contributed by atoms with E-state index in [1.54, 1.807) is 25.3 Å². The van der Waals surface area contributed by atoms with E-state index < -0.39 is 22.0 Å². The number of nitrogens with zero attached hydrogens (tertiary/aromatic N) is 2. The Labute approximate surface area is 192 Å². The number of benzene rings is 1. The third kappa shape index (κ3) is 4.47. The molecule has 32 heavy (non-hydrogen) atoms. The van der Waals surface area contributed by atoms with Gasteiger partial charge in [-0.15, -0.1) is 0 Å². The van der Waals surface area contributed by atoms with Crippen molar-refractivity contribution in [2.24, 2.45) is 0 Å². The minimum Gasteiger partial charge on any atom is -0.465 e. The average Bonchev–Trinajstić information content (AvgIpc) is 3.05. The van der Waals surface area contributed by atoms with E-state index in [2.05, 4.69) is 10.3 Å². The number of aromatic nitrogens is 1. The van der Waals surface area contributed by atoms with E-state index in [4.69, 9.17) is 21.1 Å². The molecule has 0 aliphatic carbocycles. The van der Waals surface area contributed by atoms with E-state index in [0.717, 1.165) is 12.8 Å². The summed E-state index contributed by atoms with van der Waals surface area (Å²) in [5, 5.41) is 3.83. The fourth-order valence-electron chi connectivity index (χ4n) is 3.99. The summed E-state index contributed by atoms with van der Waals surface area (Å²) in [5.41, 5.74) is 1.99. The number of sulfonamides is 1. The van der Waals surface area contributed by atoms with Crippen LogP contribution in [0.15, 0.2) is 35.4 Å². The number of hydrogen-bond donors (Lipinski definition) is 1. The molecule has 1 aromatic carbocycles. The van der Waals surface area contributed by atoms with E-state index >= 15 is 0 Å². The number of anilines is 1. The van der Waals surface area contributed by atoms with Gasteiger partial charge < -0.3 is 14.8 Å². The zero-order valence-electron chi connectivity index (χ0n) is 18.0. The molecule has 172 valence electrons. The highest BCUT2D eigenvalue weighted by Gasteiger charge is 2.41. The molecule has 10 heteroatoms. The Balaban J connectivity index is 1.63. The van der Waals surface area contributed by atoms with Gasteiger partial charge in [0.25, 0.3) is 0 Å². The van der Waals surface area contributed by atoms with Crippen LogP contribution in [0.25, 0.3) is 11.1 Å². The van der Waals surface area contributed by atoms with E-state index in [1.165, 1.54) is 11.2 Å². The van der Waals surface area contributed by atoms with Gasteiger partial charge in [0.1, 0.15) is 11.9 Å². The molecule has 8 nitrogen and oxygen atoms in total. The molecular weight excluding hydrogens is 454 g/mol. The van der Waals surface area contributed by atoms with E-state index in [9.17, 15) is 13.2 Å². The van der Waals surface area contributed by atoms with Crippen molar-refractivity contribution in [1.29, 1.82) is 0 Å². The summed E-state index contributed by atoms with van der Waals surface area (Å²) < 4.78 is 37.9. The number of pyridine rings is 1. The molecule has 0 bridgehead atoms. The Morgan fingerprint density at radius 2 is 2.09 bits per heavy atom. The van der Waals surface area contributed by atoms with E-state index in [0.29, 0.717) is 40.7 Å². The normalized spacial score (nSPS) is 19.3. The highest BCUT2D eigenvalue weighted by Crippen LogP contribution is 2.37. The highest BCUT2D eigenvalue weighted by molar-refractivity contribution is 7.89. The van der Waals surface area contributed by atoms with Gasteiger partial charge in [0.15, 0.2) is 0 Å². The van der Waals surface area contributed by atoms with Crippen LogP contribution < -0.4 is 5.32 Å². The van der Waals surface area contributed by atoms with Gasteiger partial charge in [0, 0.05) is 37.6 Å². The second kappa shape index (κ2) is 9.35. The van der Waals surface area contributed by atoms with Gasteiger partial charge in [-0.05, 0) is 49.9 Å². The lowest BCUT2D eigenvalue weighted by Gasteiger charge is -2.24. The SMILES string of the molecule is CCOC(=O)[C@@H](C)N1Cc2ccc(-c3cc(NC4CCOCC4)ncc3Cl)cc2S1(=O)=O. The van der Waals surface area contributed by atoms with Crippen LogP contribution in [0.5, 0.6) is 0 Å². The van der Waals surface area contributed by atoms with Gasteiger partial charge in [-0.3, -0.25) is 4.79 Å². The summed E-state index contributed by atoms with van der Waals surface area (Å²) in [6.45, 7) is 4.96. The lowest BCUT2D eigenvalue weighted by molar-refractivity contribution is -0.147. The molecule has 1 aromatic heterocycles. The molecule has 2 aliphatic rings. The highest BCUT2D eigenvalue weighted by atomic mass is 35.5. The number of rotatable bonds is 6. The summed E-state index contributed by atoms with van der Waals surface area (Å²) in [7, 11) is -3.84. The van der Waals surface area contributed by atoms with Gasteiger partial charge in [-0.25, -0.2) is 13.4 Å². The molecule has 0 spiro atoms. The first kappa shape index (κ1) is 23.0. The topological polar surface area (TPSA) is 97.8 Å². The predicted octanol–water partition coefficient (Wildman–Crippen LogP) is 3.45. The zero-order chi connectivity index (χ0) is 22.9. The standard InChI is InChI=1S/C22H26ClN3O5S/c1-3-31-22(27)14(2)26-13-16-5-4-15(10-20(16)32(26,28)29)18-11-21(24-12-19(18)23)25-17-6-8-30-9-7-17/h4-5,10-12,14,17H,3,6-9,13H2,1-2H3,(H,24,25)/t14-/m1/s1. The lowest BCUT2D eigenvalue weighted by atomic mass is 10.0. The maximum absolute atomic E-state index is 13.2. The molecule has 2 aromatic rings. The molecule has 0 unspecified atom stereocenters. The van der Waals surface area contributed by atoms with Crippen molar-refractivity contribution in [2.75, 3.05) is 25.1 Å². The largest absolute Gasteiger partial charge is 0.465 e. The summed E-state index contributed by atoms with van der Waals surface area (Å²) in [6.07, 6.45) is 3.35. The van der Waals surface area contributed by atoms with Gasteiger partial charge >= 0.3 is 5.97 Å². The molecule has 1 N–H and O–H groups in total. The monoisotopic (exact) mass is 479 g/mol. The molecule has 1 fully saturated rings. The van der Waals surface area contributed by atoms with Crippen LogP contribution in [-0.2, 0) is 30.8 Å². The van der Waals surface area contributed by atoms with Crippen LogP contribution in [0.4, 0.5) is 5.82 Å². The number of fused-ring (bicyclic) bond motifs is 1. The molecule has 0 radical (unpaired) electrons. The fraction of sp³-hybridized carbons (Fsp3) is 0.455. The number of nitrogens with one attached hydrogen (secondary N) is 1. The van der Waals surface area contributed by atoms with Crippen LogP contribution in [0.1, 0.15) is 32.3 Å². The van der Waals surface area contributed by atoms with E-state index in [-0.39, 0.29) is 24.1 Å². The molecule has 0 saturated carbocycles. The third-order valence-corrected chi connectivity index (χ3v) is 8.08. The summed E-state index contributed by atoms with van der Waals surface area (Å²) >= 11 is 6.42. The Bertz CT molecular complexity index is 1120. The van der Waals surface area contributed by atoms with Crippen molar-refractivity contribution >= 4 is 33.4 Å². The van der Waals surface area contributed by atoms with Gasteiger partial charge in [-0.2, -0.15) is 4.31 Å². The Morgan fingerprint density at radius 3 is 2.81 bits per heavy atom. The molecule has 4 rings (SSSR count). The molecular formula is C22H26ClN3O5S. The average molecular weight is 480 g/mol. The minimum atomic E-state index is -3.84. The van der Waals surface area contributed by atoms with Crippen LogP contribution >= 0.6 is 11.6 Å². The van der Waals surface area contributed by atoms with Crippen LogP contribution in [0.3, 0.4) is 0 Å². The van der Waals surface area contributed by atoms with Crippen molar-refractivity contribution in [2.45, 2.75) is 50.2 Å². The van der Waals surface area contributed by atoms with Crippen LogP contribution in [-0.4, -0.2) is 55.6 Å². The second-order valence-corrected chi connectivity index (χ2v) is 10.1. The molecule has 3 heterocycles. The first-order chi connectivity index (χ1) is 15.3. The Morgan fingerprint density at radius 1 is 1.34 bits per heavy atom. The fourth-order valence-corrected chi connectivity index (χ4v) is 6.00. The first-order valence-electron chi connectivity index (χ1n) is 10.6. The maximum Gasteiger partial charge on any atom is 0.324 e. The van der Waals surface area contributed by atoms with Crippen molar-refractivity contribution in [3.8, 4) is 11.1 Å². The maximum atomic E-state index is 13.2. The number of halogens is 1. The van der Waals surface area contributed by atoms with E-state index in [1.807, 2.05) is 12.1 Å². The minimum absolute atomic E-state index is 0.124. The Hall–Kier alpha value is -2.20. The van der Waals surface area contributed by atoms with Crippen molar-refractivity contribution in [3.05, 3.63) is 41.0 Å². The number of carbonyl (C=O) groups excluding carboxylic acids is 1. The molecule has 2 aliphatic heterocycles. The van der Waals surface area contributed by atoms with Crippen molar-refractivity contribution in [3.63, 3.8) is 0 Å². The quantitative estimate of drug-likeness (QED) is 0.633. The second-order valence-electron chi connectivity index (χ2n) is 7.88. The number of hydrogen-bond acceptors (Lipinski definition) is 7. The number of ether oxygens (including phenoxy) is 2. The van der Waals surface area contributed by atoms with Crippen molar-refractivity contribution < 1.29 is 22.7 Å². The molecule has 0 amide bonds. The lowest BCUT2D eigenvalue weighted by Crippen LogP contribution is -2.40. The van der Waals surface area contributed by atoms with Crippen molar-refractivity contribution in [1.82, 2.24) is 9.29 Å². The van der Waals surface area contributed by atoms with Gasteiger partial charge in [-0.1, -0.05) is 23.7 Å². The molecule has 1 atom stereocenters. The third-order valence-electron chi connectivity index (χ3n) is 5.78. The smallest absolute Gasteiger partial charge is 0.324 e. The summed E-state index contributed by atoms with van der Waals surface area (Å²) in [4.78, 5) is 16.7. The Kier molecular flexibility index (Phi) is 6.71. The zero-order valence-corrected chi connectivity index (χ0v) is 19.6. The summed E-state index contributed by atoms with van der Waals surface area (Å²) in [5.74, 6) is 0.113. The van der Waals surface area contributed by atoms with Gasteiger partial charge in [0.05, 0.1) is 16.5 Å².